The third-order valence-corrected chi connectivity index (χ3v) is 6.36. The zero-order chi connectivity index (χ0) is 12.8. The summed E-state index contributed by atoms with van der Waals surface area (Å²) < 4.78 is 2.59. The zero-order valence-corrected chi connectivity index (χ0v) is 13.1. The summed E-state index contributed by atoms with van der Waals surface area (Å²) in [4.78, 5) is 2.58. The van der Waals surface area contributed by atoms with Crippen molar-refractivity contribution < 1.29 is 0 Å². The van der Waals surface area contributed by atoms with Gasteiger partial charge in [0.1, 0.15) is 0 Å². The molecule has 1 aromatic carbocycles. The molecule has 100 valence electrons. The maximum atomic E-state index is 3.69. The largest absolute Gasteiger partial charge is 0.369 e. The Kier molecular flexibility index (Phi) is 3.05. The molecule has 2 aliphatic rings. The molecule has 2 nitrogen and oxygen atoms in total. The minimum absolute atomic E-state index is 0.700. The monoisotopic (exact) mass is 336 g/mol. The number of nitrogens with one attached hydrogen (secondary N) is 1. The number of halogens is 1. The van der Waals surface area contributed by atoms with Gasteiger partial charge in [-0.3, -0.25) is 0 Å². The van der Waals surface area contributed by atoms with Crippen LogP contribution >= 0.6 is 27.3 Å². The molecule has 0 spiro atoms. The fraction of sp³-hybridized carbons (Fsp3) is 0.467. The standard InChI is InChI=1S/C15H17BrN2S/c16-12-3-4-14(11-5-7-19-15(11)12)18-8-10-2-1-6-17-13(10)9-18/h3-5,7,10,13,17H,1-2,6,8-9H2. The molecule has 19 heavy (non-hydrogen) atoms. The van der Waals surface area contributed by atoms with Crippen LogP contribution in [0.25, 0.3) is 10.1 Å². The molecule has 1 N–H and O–H groups in total. The summed E-state index contributed by atoms with van der Waals surface area (Å²) in [5.74, 6) is 0.839. The second-order valence-electron chi connectivity index (χ2n) is 5.60. The highest BCUT2D eigenvalue weighted by Crippen LogP contribution is 2.38. The fourth-order valence-electron chi connectivity index (χ4n) is 3.53. The Bertz CT molecular complexity index is 595. The van der Waals surface area contributed by atoms with E-state index in [1.807, 2.05) is 11.3 Å². The van der Waals surface area contributed by atoms with E-state index in [1.54, 1.807) is 0 Å². The van der Waals surface area contributed by atoms with Gasteiger partial charge >= 0.3 is 0 Å². The highest BCUT2D eigenvalue weighted by molar-refractivity contribution is 9.10. The average molecular weight is 337 g/mol. The molecule has 0 saturated carbocycles. The van der Waals surface area contributed by atoms with Gasteiger partial charge in [0.15, 0.2) is 0 Å². The van der Waals surface area contributed by atoms with Gasteiger partial charge in [-0.05, 0) is 64.8 Å². The Hall–Kier alpha value is -0.580. The number of hydrogen-bond donors (Lipinski definition) is 1. The van der Waals surface area contributed by atoms with Crippen LogP contribution in [-0.2, 0) is 0 Å². The van der Waals surface area contributed by atoms with Crippen molar-refractivity contribution in [2.75, 3.05) is 24.5 Å². The van der Waals surface area contributed by atoms with E-state index in [1.165, 1.54) is 46.2 Å². The minimum Gasteiger partial charge on any atom is -0.369 e. The predicted molar refractivity (Wildman–Crippen MR) is 86.3 cm³/mol. The number of benzene rings is 1. The molecule has 4 heteroatoms. The SMILES string of the molecule is Brc1ccc(N2CC3CCCNC3C2)c2ccsc12. The minimum atomic E-state index is 0.700. The summed E-state index contributed by atoms with van der Waals surface area (Å²) in [7, 11) is 0. The van der Waals surface area contributed by atoms with Crippen molar-refractivity contribution in [3.63, 3.8) is 0 Å². The maximum Gasteiger partial charge on any atom is 0.0505 e. The summed E-state index contributed by atoms with van der Waals surface area (Å²) in [5.41, 5.74) is 1.41. The lowest BCUT2D eigenvalue weighted by atomic mass is 9.94. The third-order valence-electron chi connectivity index (χ3n) is 4.49. The molecule has 2 aromatic rings. The van der Waals surface area contributed by atoms with Crippen molar-refractivity contribution in [2.24, 2.45) is 5.92 Å². The van der Waals surface area contributed by atoms with Gasteiger partial charge in [-0.25, -0.2) is 0 Å². The fourth-order valence-corrected chi connectivity index (χ4v) is 4.98. The number of nitrogens with zero attached hydrogens (tertiary/aromatic N) is 1. The van der Waals surface area contributed by atoms with E-state index in [0.29, 0.717) is 6.04 Å². The molecular weight excluding hydrogens is 320 g/mol. The molecule has 2 aliphatic heterocycles. The van der Waals surface area contributed by atoms with Crippen LogP contribution in [0.5, 0.6) is 0 Å². The van der Waals surface area contributed by atoms with Gasteiger partial charge < -0.3 is 10.2 Å². The van der Waals surface area contributed by atoms with E-state index in [2.05, 4.69) is 49.7 Å². The lowest BCUT2D eigenvalue weighted by molar-refractivity contribution is 0.340. The third kappa shape index (κ3) is 2.01. The van der Waals surface area contributed by atoms with Crippen molar-refractivity contribution in [3.8, 4) is 0 Å². The Balaban J connectivity index is 1.71. The first-order valence-electron chi connectivity index (χ1n) is 6.97. The van der Waals surface area contributed by atoms with Crippen LogP contribution in [0.1, 0.15) is 12.8 Å². The highest BCUT2D eigenvalue weighted by Gasteiger charge is 2.34. The van der Waals surface area contributed by atoms with Crippen molar-refractivity contribution >= 4 is 43.0 Å². The van der Waals surface area contributed by atoms with Crippen LogP contribution in [-0.4, -0.2) is 25.7 Å². The van der Waals surface area contributed by atoms with Gasteiger partial charge in [0, 0.05) is 34.7 Å². The molecule has 1 aromatic heterocycles. The number of rotatable bonds is 1. The molecule has 2 atom stereocenters. The van der Waals surface area contributed by atoms with Crippen LogP contribution in [0.4, 0.5) is 5.69 Å². The van der Waals surface area contributed by atoms with E-state index >= 15 is 0 Å². The van der Waals surface area contributed by atoms with Gasteiger partial charge in [0.2, 0.25) is 0 Å². The van der Waals surface area contributed by atoms with Crippen LogP contribution in [0.3, 0.4) is 0 Å². The quantitative estimate of drug-likeness (QED) is 0.850. The molecule has 4 rings (SSSR count). The van der Waals surface area contributed by atoms with E-state index in [4.69, 9.17) is 0 Å². The van der Waals surface area contributed by atoms with Crippen molar-refractivity contribution in [1.29, 1.82) is 0 Å². The first-order chi connectivity index (χ1) is 9.33. The van der Waals surface area contributed by atoms with Crippen molar-refractivity contribution in [1.82, 2.24) is 5.32 Å². The first kappa shape index (κ1) is 12.2. The molecular formula is C15H17BrN2S. The van der Waals surface area contributed by atoms with E-state index in [-0.39, 0.29) is 0 Å². The molecule has 0 aliphatic carbocycles. The lowest BCUT2D eigenvalue weighted by Crippen LogP contribution is -2.40. The van der Waals surface area contributed by atoms with Crippen molar-refractivity contribution in [2.45, 2.75) is 18.9 Å². The average Bonchev–Trinajstić information content (AvgIpc) is 3.05. The summed E-state index contributed by atoms with van der Waals surface area (Å²) in [5, 5.41) is 7.28. The van der Waals surface area contributed by atoms with Gasteiger partial charge in [-0.15, -0.1) is 11.3 Å². The van der Waals surface area contributed by atoms with Crippen LogP contribution in [0.15, 0.2) is 28.1 Å². The van der Waals surface area contributed by atoms with E-state index < -0.39 is 0 Å². The lowest BCUT2D eigenvalue weighted by Gasteiger charge is -2.24. The Morgan fingerprint density at radius 2 is 2.21 bits per heavy atom. The highest BCUT2D eigenvalue weighted by atomic mass is 79.9. The molecule has 0 radical (unpaired) electrons. The molecule has 2 saturated heterocycles. The summed E-state index contributed by atoms with van der Waals surface area (Å²) >= 11 is 5.48. The Morgan fingerprint density at radius 3 is 3.11 bits per heavy atom. The number of fused-ring (bicyclic) bond motifs is 2. The molecule has 2 fully saturated rings. The van der Waals surface area contributed by atoms with Crippen LogP contribution in [0, 0.1) is 5.92 Å². The second kappa shape index (κ2) is 4.76. The van der Waals surface area contributed by atoms with Gasteiger partial charge in [-0.2, -0.15) is 0 Å². The normalized spacial score (nSPS) is 26.9. The summed E-state index contributed by atoms with van der Waals surface area (Å²) in [6.07, 6.45) is 2.72. The second-order valence-corrected chi connectivity index (χ2v) is 7.37. The van der Waals surface area contributed by atoms with E-state index in [9.17, 15) is 0 Å². The Labute approximate surface area is 125 Å². The predicted octanol–water partition coefficient (Wildman–Crippen LogP) is 3.85. The Morgan fingerprint density at radius 1 is 1.26 bits per heavy atom. The molecule has 3 heterocycles. The summed E-state index contributed by atoms with van der Waals surface area (Å²) in [6.45, 7) is 3.57. The number of piperidine rings is 1. The number of anilines is 1. The van der Waals surface area contributed by atoms with Crippen LogP contribution in [0.2, 0.25) is 0 Å². The molecule has 0 amide bonds. The maximum absolute atomic E-state index is 3.69. The summed E-state index contributed by atoms with van der Waals surface area (Å²) in [6, 6.07) is 7.43. The topological polar surface area (TPSA) is 15.3 Å². The number of hydrogen-bond acceptors (Lipinski definition) is 3. The van der Waals surface area contributed by atoms with Gasteiger partial charge in [0.25, 0.3) is 0 Å². The van der Waals surface area contributed by atoms with Gasteiger partial charge in [0.05, 0.1) is 4.70 Å². The zero-order valence-electron chi connectivity index (χ0n) is 10.7. The van der Waals surface area contributed by atoms with E-state index in [0.717, 1.165) is 12.5 Å². The smallest absolute Gasteiger partial charge is 0.0505 e. The van der Waals surface area contributed by atoms with Gasteiger partial charge in [-0.1, -0.05) is 0 Å². The number of thiophene rings is 1. The molecule has 2 unspecified atom stereocenters. The van der Waals surface area contributed by atoms with Crippen molar-refractivity contribution in [3.05, 3.63) is 28.1 Å². The van der Waals surface area contributed by atoms with Crippen LogP contribution < -0.4 is 10.2 Å². The first-order valence-corrected chi connectivity index (χ1v) is 8.64. The molecule has 0 bridgehead atoms.